The summed E-state index contributed by atoms with van der Waals surface area (Å²) < 4.78 is 5.23. The zero-order valence-electron chi connectivity index (χ0n) is 13.3. The molecule has 0 unspecified atom stereocenters. The second-order valence-electron chi connectivity index (χ2n) is 5.00. The van der Waals surface area contributed by atoms with Crippen molar-refractivity contribution in [2.75, 3.05) is 23.3 Å². The smallest absolute Gasteiger partial charge is 0.410 e. The van der Waals surface area contributed by atoms with E-state index in [1.807, 2.05) is 37.3 Å². The molecule has 4 nitrogen and oxygen atoms in total. The third kappa shape index (κ3) is 4.01. The van der Waals surface area contributed by atoms with Crippen molar-refractivity contribution in [1.29, 1.82) is 0 Å². The zero-order valence-corrected chi connectivity index (χ0v) is 13.3. The van der Waals surface area contributed by atoms with Crippen molar-refractivity contribution in [3.05, 3.63) is 54.1 Å². The van der Waals surface area contributed by atoms with E-state index < -0.39 is 6.09 Å². The molecule has 2 rings (SSSR count). The molecule has 0 aliphatic carbocycles. The van der Waals surface area contributed by atoms with Crippen molar-refractivity contribution in [2.24, 2.45) is 0 Å². The largest absolute Gasteiger partial charge is 0.417 e. The van der Waals surface area contributed by atoms with Gasteiger partial charge in [0, 0.05) is 24.5 Å². The fraction of sp³-hybridized carbons (Fsp3) is 0.278. The molecule has 0 saturated carbocycles. The summed E-state index contributed by atoms with van der Waals surface area (Å²) in [6.45, 7) is 8.15. The number of para-hydroxylation sites is 1. The first-order valence-electron chi connectivity index (χ1n) is 7.53. The van der Waals surface area contributed by atoms with Gasteiger partial charge in [0.05, 0.1) is 0 Å². The van der Waals surface area contributed by atoms with E-state index in [0.717, 1.165) is 30.0 Å². The fourth-order valence-corrected chi connectivity index (χ4v) is 2.30. The maximum atomic E-state index is 11.9. The minimum atomic E-state index is -0.482. The van der Waals surface area contributed by atoms with Gasteiger partial charge in [-0.15, -0.1) is 0 Å². The van der Waals surface area contributed by atoms with Gasteiger partial charge in [0.25, 0.3) is 0 Å². The van der Waals surface area contributed by atoms with Crippen LogP contribution in [0.3, 0.4) is 0 Å². The number of hydrogen-bond donors (Lipinski definition) is 1. The highest BCUT2D eigenvalue weighted by Gasteiger charge is 2.09. The van der Waals surface area contributed by atoms with Gasteiger partial charge in [-0.1, -0.05) is 18.2 Å². The number of anilines is 2. The first kappa shape index (κ1) is 15.9. The van der Waals surface area contributed by atoms with Gasteiger partial charge >= 0.3 is 6.09 Å². The number of nitrogens with zero attached hydrogens (tertiary/aromatic N) is 1. The van der Waals surface area contributed by atoms with Crippen molar-refractivity contribution < 1.29 is 9.53 Å². The maximum absolute atomic E-state index is 11.9. The summed E-state index contributed by atoms with van der Waals surface area (Å²) in [7, 11) is 0. The first-order chi connectivity index (χ1) is 10.6. The Morgan fingerprint density at radius 2 is 1.77 bits per heavy atom. The van der Waals surface area contributed by atoms with Crippen LogP contribution in [0, 0.1) is 6.92 Å². The predicted molar refractivity (Wildman–Crippen MR) is 90.8 cm³/mol. The van der Waals surface area contributed by atoms with Crippen LogP contribution >= 0.6 is 0 Å². The third-order valence-electron chi connectivity index (χ3n) is 3.53. The molecule has 22 heavy (non-hydrogen) atoms. The Labute approximate surface area is 131 Å². The van der Waals surface area contributed by atoms with Crippen molar-refractivity contribution in [2.45, 2.75) is 20.8 Å². The maximum Gasteiger partial charge on any atom is 0.417 e. The van der Waals surface area contributed by atoms with Crippen LogP contribution in [-0.2, 0) is 0 Å². The minimum absolute atomic E-state index is 0.482. The number of carbonyl (C=O) groups excluding carboxylic acids is 1. The van der Waals surface area contributed by atoms with E-state index >= 15 is 0 Å². The second-order valence-corrected chi connectivity index (χ2v) is 5.00. The Hall–Kier alpha value is -2.49. The topological polar surface area (TPSA) is 41.6 Å². The molecule has 0 fully saturated rings. The van der Waals surface area contributed by atoms with Gasteiger partial charge in [-0.05, 0) is 56.7 Å². The third-order valence-corrected chi connectivity index (χ3v) is 3.53. The molecule has 1 amide bonds. The summed E-state index contributed by atoms with van der Waals surface area (Å²) in [5.74, 6) is 0.525. The van der Waals surface area contributed by atoms with Crippen LogP contribution in [0.4, 0.5) is 16.2 Å². The van der Waals surface area contributed by atoms with Gasteiger partial charge < -0.3 is 9.64 Å². The minimum Gasteiger partial charge on any atom is -0.410 e. The van der Waals surface area contributed by atoms with Crippen LogP contribution in [0.5, 0.6) is 5.75 Å². The molecule has 0 bridgehead atoms. The number of rotatable bonds is 5. The molecule has 4 heteroatoms. The average molecular weight is 298 g/mol. The first-order valence-corrected chi connectivity index (χ1v) is 7.53. The number of carbonyl (C=O) groups is 1. The van der Waals surface area contributed by atoms with E-state index in [2.05, 4.69) is 30.1 Å². The Morgan fingerprint density at radius 3 is 2.36 bits per heavy atom. The van der Waals surface area contributed by atoms with E-state index in [0.29, 0.717) is 5.75 Å². The van der Waals surface area contributed by atoms with Crippen LogP contribution in [0.15, 0.2) is 48.5 Å². The standard InChI is InChI=1S/C18H22N2O2/c1-4-20(5-2)15-11-12-17(14(3)13-15)19-18(21)22-16-9-7-6-8-10-16/h6-13H,4-5H2,1-3H3,(H,19,21). The number of hydrogen-bond acceptors (Lipinski definition) is 3. The van der Waals surface area contributed by atoms with Crippen LogP contribution < -0.4 is 15.0 Å². The van der Waals surface area contributed by atoms with E-state index in [4.69, 9.17) is 4.74 Å². The van der Waals surface area contributed by atoms with Crippen LogP contribution in [0.25, 0.3) is 0 Å². The van der Waals surface area contributed by atoms with E-state index in [1.165, 1.54) is 0 Å². The molecule has 0 aliphatic heterocycles. The molecule has 0 spiro atoms. The Morgan fingerprint density at radius 1 is 1.09 bits per heavy atom. The summed E-state index contributed by atoms with van der Waals surface area (Å²) in [6.07, 6.45) is -0.482. The summed E-state index contributed by atoms with van der Waals surface area (Å²) in [4.78, 5) is 14.2. The number of ether oxygens (including phenoxy) is 1. The van der Waals surface area contributed by atoms with E-state index in [1.54, 1.807) is 12.1 Å². The van der Waals surface area contributed by atoms with Gasteiger partial charge in [0.15, 0.2) is 0 Å². The number of amides is 1. The van der Waals surface area contributed by atoms with Gasteiger partial charge in [0.1, 0.15) is 5.75 Å². The molecule has 0 radical (unpaired) electrons. The summed E-state index contributed by atoms with van der Waals surface area (Å²) in [5.41, 5.74) is 2.93. The van der Waals surface area contributed by atoms with Crippen LogP contribution in [0.1, 0.15) is 19.4 Å². The quantitative estimate of drug-likeness (QED) is 0.886. The fourth-order valence-electron chi connectivity index (χ4n) is 2.30. The van der Waals surface area contributed by atoms with E-state index in [9.17, 15) is 4.79 Å². The van der Waals surface area contributed by atoms with Gasteiger partial charge in [-0.3, -0.25) is 5.32 Å². The number of benzene rings is 2. The SMILES string of the molecule is CCN(CC)c1ccc(NC(=O)Oc2ccccc2)c(C)c1. The average Bonchev–Trinajstić information content (AvgIpc) is 2.52. The zero-order chi connectivity index (χ0) is 15.9. The molecule has 0 atom stereocenters. The number of nitrogens with one attached hydrogen (secondary N) is 1. The molecular weight excluding hydrogens is 276 g/mol. The highest BCUT2D eigenvalue weighted by atomic mass is 16.6. The van der Waals surface area contributed by atoms with Crippen molar-refractivity contribution >= 4 is 17.5 Å². The predicted octanol–water partition coefficient (Wildman–Crippen LogP) is 4.45. The highest BCUT2D eigenvalue weighted by Crippen LogP contribution is 2.23. The lowest BCUT2D eigenvalue weighted by molar-refractivity contribution is 0.215. The Bertz CT molecular complexity index is 622. The summed E-state index contributed by atoms with van der Waals surface area (Å²) >= 11 is 0. The van der Waals surface area contributed by atoms with Crippen molar-refractivity contribution in [1.82, 2.24) is 0 Å². The Balaban J connectivity index is 2.05. The lowest BCUT2D eigenvalue weighted by atomic mass is 10.1. The lowest BCUT2D eigenvalue weighted by Gasteiger charge is -2.22. The molecule has 0 aliphatic rings. The molecule has 0 aromatic heterocycles. The van der Waals surface area contributed by atoms with Crippen LogP contribution in [-0.4, -0.2) is 19.2 Å². The second kappa shape index (κ2) is 7.50. The molecule has 2 aromatic rings. The van der Waals surface area contributed by atoms with Gasteiger partial charge in [-0.25, -0.2) is 4.79 Å². The van der Waals surface area contributed by atoms with Crippen molar-refractivity contribution in [3.63, 3.8) is 0 Å². The highest BCUT2D eigenvalue weighted by molar-refractivity contribution is 5.87. The number of aryl methyl sites for hydroxylation is 1. The van der Waals surface area contributed by atoms with Crippen molar-refractivity contribution in [3.8, 4) is 5.75 Å². The summed E-state index contributed by atoms with van der Waals surface area (Å²) in [6, 6.07) is 15.0. The summed E-state index contributed by atoms with van der Waals surface area (Å²) in [5, 5.41) is 2.78. The van der Waals surface area contributed by atoms with E-state index in [-0.39, 0.29) is 0 Å². The monoisotopic (exact) mass is 298 g/mol. The molecule has 2 aromatic carbocycles. The molecular formula is C18H22N2O2. The normalized spacial score (nSPS) is 10.1. The molecule has 0 heterocycles. The molecule has 116 valence electrons. The van der Waals surface area contributed by atoms with Crippen LogP contribution in [0.2, 0.25) is 0 Å². The van der Waals surface area contributed by atoms with Gasteiger partial charge in [0.2, 0.25) is 0 Å². The lowest BCUT2D eigenvalue weighted by Crippen LogP contribution is -2.22. The molecule has 1 N–H and O–H groups in total. The van der Waals surface area contributed by atoms with Gasteiger partial charge in [-0.2, -0.15) is 0 Å². The Kier molecular flexibility index (Phi) is 5.42. The molecule has 0 saturated heterocycles.